The van der Waals surface area contributed by atoms with Gasteiger partial charge in [0, 0.05) is 18.8 Å². The molecule has 1 amide bonds. The molecule has 0 spiro atoms. The number of nitrogens with zero attached hydrogens (tertiary/aromatic N) is 1. The molecule has 1 aliphatic rings. The molecule has 96 valence electrons. The molecule has 18 heavy (non-hydrogen) atoms. The molecule has 1 fully saturated rings. The number of amides is 1. The van der Waals surface area contributed by atoms with E-state index in [9.17, 15) is 4.79 Å². The highest BCUT2D eigenvalue weighted by Gasteiger charge is 2.19. The third-order valence-electron chi connectivity index (χ3n) is 2.84. The Morgan fingerprint density at radius 2 is 2.28 bits per heavy atom. The zero-order valence-electron chi connectivity index (χ0n) is 9.78. The van der Waals surface area contributed by atoms with Crippen molar-refractivity contribution in [1.29, 1.82) is 0 Å². The molecule has 0 aliphatic carbocycles. The first kappa shape index (κ1) is 13.1. The molecule has 1 saturated heterocycles. The molecule has 1 aliphatic heterocycles. The molecule has 1 aromatic rings. The first-order valence-electron chi connectivity index (χ1n) is 5.69. The lowest BCUT2D eigenvalue weighted by Crippen LogP contribution is -2.34. The number of hydrogen-bond acceptors (Lipinski definition) is 3. The molecule has 2 rings (SSSR count). The summed E-state index contributed by atoms with van der Waals surface area (Å²) in [4.78, 5) is 13.8. The lowest BCUT2D eigenvalue weighted by atomic mass is 10.1. The van der Waals surface area contributed by atoms with Crippen LogP contribution < -0.4 is 16.0 Å². The summed E-state index contributed by atoms with van der Waals surface area (Å²) in [5.74, 6) is 0.00126. The van der Waals surface area contributed by atoms with E-state index in [-0.39, 0.29) is 10.9 Å². The number of halogens is 1. The van der Waals surface area contributed by atoms with Crippen molar-refractivity contribution in [1.82, 2.24) is 5.32 Å². The molecule has 0 aromatic heterocycles. The molecular formula is C12H14ClN3OS. The van der Waals surface area contributed by atoms with E-state index in [1.807, 2.05) is 17.0 Å². The quantitative estimate of drug-likeness (QED) is 0.804. The average molecular weight is 284 g/mol. The van der Waals surface area contributed by atoms with Gasteiger partial charge in [0.25, 0.3) is 0 Å². The molecule has 3 N–H and O–H groups in total. The monoisotopic (exact) mass is 283 g/mol. The van der Waals surface area contributed by atoms with Crippen molar-refractivity contribution >= 4 is 40.4 Å². The average Bonchev–Trinajstić information content (AvgIpc) is 2.53. The summed E-state index contributed by atoms with van der Waals surface area (Å²) in [5, 5.41) is 3.35. The molecule has 1 heterocycles. The van der Waals surface area contributed by atoms with E-state index in [2.05, 4.69) is 5.32 Å². The summed E-state index contributed by atoms with van der Waals surface area (Å²) in [6.07, 6.45) is 0.884. The minimum Gasteiger partial charge on any atom is -0.389 e. The Kier molecular flexibility index (Phi) is 4.04. The van der Waals surface area contributed by atoms with Gasteiger partial charge in [0.15, 0.2) is 0 Å². The first-order chi connectivity index (χ1) is 8.59. The molecule has 0 saturated carbocycles. The smallest absolute Gasteiger partial charge is 0.239 e. The van der Waals surface area contributed by atoms with Gasteiger partial charge in [0.2, 0.25) is 5.91 Å². The summed E-state index contributed by atoms with van der Waals surface area (Å²) in [5.41, 5.74) is 7.18. The van der Waals surface area contributed by atoms with Crippen LogP contribution in [0, 0.1) is 0 Å². The largest absolute Gasteiger partial charge is 0.389 e. The van der Waals surface area contributed by atoms with Crippen molar-refractivity contribution in [2.75, 3.05) is 24.5 Å². The van der Waals surface area contributed by atoms with Gasteiger partial charge in [0.05, 0.1) is 17.1 Å². The second kappa shape index (κ2) is 5.54. The Balaban J connectivity index is 2.40. The first-order valence-corrected chi connectivity index (χ1v) is 6.48. The summed E-state index contributed by atoms with van der Waals surface area (Å²) < 4.78 is 0. The zero-order valence-corrected chi connectivity index (χ0v) is 11.4. The van der Waals surface area contributed by atoms with Crippen LogP contribution in [0.25, 0.3) is 0 Å². The molecule has 0 atom stereocenters. The fourth-order valence-electron chi connectivity index (χ4n) is 2.03. The number of nitrogens with two attached hydrogens (primary N) is 1. The molecular weight excluding hydrogens is 270 g/mol. The van der Waals surface area contributed by atoms with Crippen molar-refractivity contribution in [3.63, 3.8) is 0 Å². The van der Waals surface area contributed by atoms with Gasteiger partial charge in [-0.15, -0.1) is 0 Å². The van der Waals surface area contributed by atoms with E-state index in [1.54, 1.807) is 6.07 Å². The minimum atomic E-state index is 0.00126. The third kappa shape index (κ3) is 2.73. The molecule has 0 bridgehead atoms. The van der Waals surface area contributed by atoms with E-state index in [4.69, 9.17) is 29.6 Å². The van der Waals surface area contributed by atoms with Crippen molar-refractivity contribution < 1.29 is 4.79 Å². The summed E-state index contributed by atoms with van der Waals surface area (Å²) in [6.45, 7) is 1.77. The Hall–Kier alpha value is -1.33. The number of hydrogen-bond donors (Lipinski definition) is 2. The lowest BCUT2D eigenvalue weighted by Gasteiger charge is -2.24. The van der Waals surface area contributed by atoms with Crippen molar-refractivity contribution in [3.8, 4) is 0 Å². The summed E-state index contributed by atoms with van der Waals surface area (Å²) in [6, 6.07) is 5.47. The van der Waals surface area contributed by atoms with Crippen molar-refractivity contribution in [3.05, 3.63) is 28.8 Å². The molecule has 0 radical (unpaired) electrons. The van der Waals surface area contributed by atoms with Crippen LogP contribution in [-0.2, 0) is 4.79 Å². The normalized spacial score (nSPS) is 16.1. The zero-order chi connectivity index (χ0) is 13.1. The summed E-state index contributed by atoms with van der Waals surface area (Å²) >= 11 is 11.2. The number of thiocarbonyl (C=S) groups is 1. The number of carbonyl (C=O) groups excluding carboxylic acids is 1. The summed E-state index contributed by atoms with van der Waals surface area (Å²) in [7, 11) is 0. The van der Waals surface area contributed by atoms with Gasteiger partial charge in [-0.05, 0) is 18.6 Å². The van der Waals surface area contributed by atoms with Gasteiger partial charge < -0.3 is 16.0 Å². The van der Waals surface area contributed by atoms with Gasteiger partial charge in [-0.1, -0.05) is 29.9 Å². The van der Waals surface area contributed by atoms with E-state index in [0.29, 0.717) is 23.7 Å². The van der Waals surface area contributed by atoms with Crippen LogP contribution in [-0.4, -0.2) is 30.5 Å². The molecule has 1 aromatic carbocycles. The van der Waals surface area contributed by atoms with Gasteiger partial charge in [-0.25, -0.2) is 0 Å². The second-order valence-corrected chi connectivity index (χ2v) is 4.97. The van der Waals surface area contributed by atoms with E-state index >= 15 is 0 Å². The standard InChI is InChI=1S/C12H14ClN3OS/c13-8-3-1-4-9(11(8)12(14)18)16-6-2-5-15-10(17)7-16/h1,3-4H,2,5-7H2,(H2,14,18)(H,15,17). The number of rotatable bonds is 2. The maximum absolute atomic E-state index is 11.6. The molecule has 6 heteroatoms. The SMILES string of the molecule is NC(=S)c1c(Cl)cccc1N1CCCNC(=O)C1. The Morgan fingerprint density at radius 3 is 3.00 bits per heavy atom. The fraction of sp³-hybridized carbons (Fsp3) is 0.333. The van der Waals surface area contributed by atoms with Crippen LogP contribution in [0.15, 0.2) is 18.2 Å². The topological polar surface area (TPSA) is 58.4 Å². The number of benzene rings is 1. The van der Waals surface area contributed by atoms with Crippen LogP contribution in [0.2, 0.25) is 5.02 Å². The Bertz CT molecular complexity index is 492. The molecule has 4 nitrogen and oxygen atoms in total. The van der Waals surface area contributed by atoms with Gasteiger partial charge in [-0.2, -0.15) is 0 Å². The van der Waals surface area contributed by atoms with E-state index in [0.717, 1.165) is 18.7 Å². The van der Waals surface area contributed by atoms with E-state index < -0.39 is 0 Å². The predicted octanol–water partition coefficient (Wildman–Crippen LogP) is 1.30. The minimum absolute atomic E-state index is 0.00126. The van der Waals surface area contributed by atoms with Gasteiger partial charge in [-0.3, -0.25) is 4.79 Å². The third-order valence-corrected chi connectivity index (χ3v) is 3.36. The maximum Gasteiger partial charge on any atom is 0.239 e. The predicted molar refractivity (Wildman–Crippen MR) is 77.2 cm³/mol. The lowest BCUT2D eigenvalue weighted by molar-refractivity contribution is -0.119. The van der Waals surface area contributed by atoms with Crippen LogP contribution in [0.3, 0.4) is 0 Å². The van der Waals surface area contributed by atoms with E-state index in [1.165, 1.54) is 0 Å². The highest BCUT2D eigenvalue weighted by molar-refractivity contribution is 7.80. The van der Waals surface area contributed by atoms with Crippen molar-refractivity contribution in [2.45, 2.75) is 6.42 Å². The Morgan fingerprint density at radius 1 is 1.50 bits per heavy atom. The fourth-order valence-corrected chi connectivity index (χ4v) is 2.57. The molecule has 0 unspecified atom stereocenters. The second-order valence-electron chi connectivity index (χ2n) is 4.12. The van der Waals surface area contributed by atoms with Crippen LogP contribution in [0.1, 0.15) is 12.0 Å². The number of carbonyl (C=O) groups is 1. The van der Waals surface area contributed by atoms with Crippen LogP contribution in [0.4, 0.5) is 5.69 Å². The van der Waals surface area contributed by atoms with Crippen LogP contribution >= 0.6 is 23.8 Å². The Labute approximate surface area is 116 Å². The number of anilines is 1. The van der Waals surface area contributed by atoms with Crippen LogP contribution in [0.5, 0.6) is 0 Å². The van der Waals surface area contributed by atoms with Gasteiger partial charge in [0.1, 0.15) is 4.99 Å². The highest BCUT2D eigenvalue weighted by atomic mass is 35.5. The van der Waals surface area contributed by atoms with Crippen molar-refractivity contribution in [2.24, 2.45) is 5.73 Å². The maximum atomic E-state index is 11.6. The van der Waals surface area contributed by atoms with Gasteiger partial charge >= 0.3 is 0 Å². The number of nitrogens with one attached hydrogen (secondary N) is 1. The highest BCUT2D eigenvalue weighted by Crippen LogP contribution is 2.27.